The summed E-state index contributed by atoms with van der Waals surface area (Å²) in [6.45, 7) is 0.529. The molecule has 0 heterocycles. The van der Waals surface area contributed by atoms with Crippen LogP contribution in [-0.4, -0.2) is 23.7 Å². The summed E-state index contributed by atoms with van der Waals surface area (Å²) in [5.74, 6) is 2.23. The fourth-order valence-corrected chi connectivity index (χ4v) is 1.75. The Morgan fingerprint density at radius 3 is 2.92 bits per heavy atom. The Labute approximate surface area is 86.0 Å². The Kier molecular flexibility index (Phi) is 4.26. The van der Waals surface area contributed by atoms with Crippen molar-refractivity contribution in [2.75, 3.05) is 6.54 Å². The number of halogens is 1. The van der Waals surface area contributed by atoms with Crippen LogP contribution in [0, 0.1) is 16.7 Å². The normalized spacial score (nSPS) is 26.3. The highest BCUT2D eigenvalue weighted by atomic mass is 79.9. The van der Waals surface area contributed by atoms with Gasteiger partial charge < -0.3 is 10.4 Å². The third-order valence-electron chi connectivity index (χ3n) is 2.30. The quantitative estimate of drug-likeness (QED) is 0.702. The molecular formula is C9H12BrNO2. The number of nitrogens with one attached hydrogen (secondary N) is 1. The van der Waals surface area contributed by atoms with Gasteiger partial charge in [0, 0.05) is 34.3 Å². The number of aliphatic hydroxyl groups is 1. The molecule has 0 aromatic heterocycles. The van der Waals surface area contributed by atoms with Crippen LogP contribution < -0.4 is 5.32 Å². The SMILES string of the molecule is O=C(C#CBr)NCC1CCCC1O. The van der Waals surface area contributed by atoms with Gasteiger partial charge in [-0.25, -0.2) is 0 Å². The molecule has 1 rings (SSSR count). The molecule has 0 aliphatic heterocycles. The van der Waals surface area contributed by atoms with Gasteiger partial charge in [0.2, 0.25) is 0 Å². The molecule has 1 aliphatic carbocycles. The Morgan fingerprint density at radius 2 is 2.38 bits per heavy atom. The molecule has 1 saturated carbocycles. The van der Waals surface area contributed by atoms with Crippen LogP contribution in [0.5, 0.6) is 0 Å². The highest BCUT2D eigenvalue weighted by molar-refractivity contribution is 9.12. The zero-order valence-corrected chi connectivity index (χ0v) is 8.80. The molecule has 3 nitrogen and oxygen atoms in total. The van der Waals surface area contributed by atoms with E-state index in [9.17, 15) is 9.90 Å². The molecule has 1 fully saturated rings. The maximum atomic E-state index is 10.9. The first-order valence-electron chi connectivity index (χ1n) is 4.31. The number of carbonyl (C=O) groups excluding carboxylic acids is 1. The monoisotopic (exact) mass is 245 g/mol. The smallest absolute Gasteiger partial charge is 0.296 e. The zero-order valence-electron chi connectivity index (χ0n) is 7.22. The predicted molar refractivity (Wildman–Crippen MR) is 53.1 cm³/mol. The molecule has 0 saturated heterocycles. The Bertz CT molecular complexity index is 244. The predicted octanol–water partition coefficient (Wildman–Crippen LogP) is 0.619. The van der Waals surface area contributed by atoms with Gasteiger partial charge in [-0.1, -0.05) is 6.42 Å². The van der Waals surface area contributed by atoms with Crippen molar-refractivity contribution in [1.82, 2.24) is 5.32 Å². The van der Waals surface area contributed by atoms with Crippen molar-refractivity contribution in [2.45, 2.75) is 25.4 Å². The van der Waals surface area contributed by atoms with Gasteiger partial charge in [-0.05, 0) is 17.7 Å². The van der Waals surface area contributed by atoms with E-state index in [4.69, 9.17) is 0 Å². The minimum absolute atomic E-state index is 0.209. The minimum Gasteiger partial charge on any atom is -0.393 e. The molecule has 0 aromatic carbocycles. The van der Waals surface area contributed by atoms with E-state index in [-0.39, 0.29) is 17.9 Å². The second-order valence-electron chi connectivity index (χ2n) is 3.19. The Hall–Kier alpha value is -0.530. The summed E-state index contributed by atoms with van der Waals surface area (Å²) in [4.78, 5) is 13.3. The molecule has 2 N–H and O–H groups in total. The van der Waals surface area contributed by atoms with Gasteiger partial charge in [0.05, 0.1) is 6.10 Å². The first kappa shape index (κ1) is 10.6. The van der Waals surface area contributed by atoms with Crippen LogP contribution in [0.3, 0.4) is 0 Å². The third-order valence-corrected chi connectivity index (χ3v) is 2.50. The minimum atomic E-state index is -0.295. The number of hydrogen-bond donors (Lipinski definition) is 2. The number of aliphatic hydroxyl groups excluding tert-OH is 1. The first-order chi connectivity index (χ1) is 6.24. The average molecular weight is 246 g/mol. The van der Waals surface area contributed by atoms with E-state index >= 15 is 0 Å². The fourth-order valence-electron chi connectivity index (χ4n) is 1.57. The standard InChI is InChI=1S/C9H12BrNO2/c10-5-4-9(13)11-6-7-2-1-3-8(7)12/h7-8,12H,1-3,6H2,(H,11,13). The van der Waals surface area contributed by atoms with Crippen LogP contribution >= 0.6 is 15.9 Å². The van der Waals surface area contributed by atoms with Crippen LogP contribution in [0.25, 0.3) is 0 Å². The van der Waals surface area contributed by atoms with Crippen molar-refractivity contribution in [3.63, 3.8) is 0 Å². The largest absolute Gasteiger partial charge is 0.393 e. The van der Waals surface area contributed by atoms with Crippen LogP contribution in [0.1, 0.15) is 19.3 Å². The number of rotatable bonds is 2. The molecule has 0 radical (unpaired) electrons. The van der Waals surface area contributed by atoms with E-state index in [1.54, 1.807) is 0 Å². The maximum Gasteiger partial charge on any atom is 0.296 e. The van der Waals surface area contributed by atoms with Crippen molar-refractivity contribution in [3.8, 4) is 10.8 Å². The average Bonchev–Trinajstić information content (AvgIpc) is 2.48. The summed E-state index contributed by atoms with van der Waals surface area (Å²) in [7, 11) is 0. The van der Waals surface area contributed by atoms with Gasteiger partial charge in [0.1, 0.15) is 0 Å². The van der Waals surface area contributed by atoms with Crippen LogP contribution in [-0.2, 0) is 4.79 Å². The molecule has 1 amide bonds. The van der Waals surface area contributed by atoms with E-state index in [1.807, 2.05) is 0 Å². The Morgan fingerprint density at radius 1 is 1.62 bits per heavy atom. The van der Waals surface area contributed by atoms with Crippen LogP contribution in [0.4, 0.5) is 0 Å². The van der Waals surface area contributed by atoms with Crippen molar-refractivity contribution in [2.24, 2.45) is 5.92 Å². The fraction of sp³-hybridized carbons (Fsp3) is 0.667. The Balaban J connectivity index is 2.24. The summed E-state index contributed by atoms with van der Waals surface area (Å²) >= 11 is 2.84. The molecule has 4 heteroatoms. The van der Waals surface area contributed by atoms with Crippen molar-refractivity contribution >= 4 is 21.8 Å². The van der Waals surface area contributed by atoms with E-state index in [0.717, 1.165) is 19.3 Å². The van der Waals surface area contributed by atoms with Gasteiger partial charge in [0.25, 0.3) is 5.91 Å². The second kappa shape index (κ2) is 5.25. The summed E-state index contributed by atoms with van der Waals surface area (Å²) in [6.07, 6.45) is 2.64. The van der Waals surface area contributed by atoms with Crippen molar-refractivity contribution < 1.29 is 9.90 Å². The van der Waals surface area contributed by atoms with Crippen LogP contribution in [0.2, 0.25) is 0 Å². The molecule has 72 valence electrons. The lowest BCUT2D eigenvalue weighted by atomic mass is 10.1. The molecule has 0 bridgehead atoms. The molecule has 13 heavy (non-hydrogen) atoms. The van der Waals surface area contributed by atoms with E-state index in [1.165, 1.54) is 0 Å². The van der Waals surface area contributed by atoms with E-state index in [0.29, 0.717) is 6.54 Å². The summed E-state index contributed by atoms with van der Waals surface area (Å²) < 4.78 is 0. The van der Waals surface area contributed by atoms with Gasteiger partial charge in [-0.15, -0.1) is 0 Å². The van der Waals surface area contributed by atoms with Crippen LogP contribution in [0.15, 0.2) is 0 Å². The number of carbonyl (C=O) groups is 1. The van der Waals surface area contributed by atoms with E-state index < -0.39 is 0 Å². The summed E-state index contributed by atoms with van der Waals surface area (Å²) in [5.41, 5.74) is 0. The molecule has 0 aromatic rings. The second-order valence-corrected chi connectivity index (χ2v) is 3.58. The maximum absolute atomic E-state index is 10.9. The van der Waals surface area contributed by atoms with Crippen molar-refractivity contribution in [1.29, 1.82) is 0 Å². The number of amides is 1. The molecule has 2 unspecified atom stereocenters. The number of hydrogen-bond acceptors (Lipinski definition) is 2. The summed E-state index contributed by atoms with van der Waals surface area (Å²) in [6, 6.07) is 0. The van der Waals surface area contributed by atoms with E-state index in [2.05, 4.69) is 32.0 Å². The van der Waals surface area contributed by atoms with Gasteiger partial charge in [-0.2, -0.15) is 0 Å². The summed E-state index contributed by atoms with van der Waals surface area (Å²) in [5, 5.41) is 12.1. The molecule has 1 aliphatic rings. The highest BCUT2D eigenvalue weighted by Crippen LogP contribution is 2.24. The lowest BCUT2D eigenvalue weighted by molar-refractivity contribution is -0.115. The molecular weight excluding hydrogens is 234 g/mol. The van der Waals surface area contributed by atoms with Gasteiger partial charge in [-0.3, -0.25) is 4.79 Å². The lowest BCUT2D eigenvalue weighted by Gasteiger charge is -2.13. The lowest BCUT2D eigenvalue weighted by Crippen LogP contribution is -2.31. The molecule has 0 spiro atoms. The third kappa shape index (κ3) is 3.37. The van der Waals surface area contributed by atoms with Gasteiger partial charge in [0.15, 0.2) is 0 Å². The van der Waals surface area contributed by atoms with Gasteiger partial charge >= 0.3 is 0 Å². The first-order valence-corrected chi connectivity index (χ1v) is 5.11. The van der Waals surface area contributed by atoms with Crippen molar-refractivity contribution in [3.05, 3.63) is 0 Å². The highest BCUT2D eigenvalue weighted by Gasteiger charge is 2.24. The molecule has 2 atom stereocenters. The zero-order chi connectivity index (χ0) is 9.68. The topological polar surface area (TPSA) is 49.3 Å².